The van der Waals surface area contributed by atoms with Crippen molar-refractivity contribution in [1.29, 1.82) is 0 Å². The summed E-state index contributed by atoms with van der Waals surface area (Å²) in [6.45, 7) is 4.07. The summed E-state index contributed by atoms with van der Waals surface area (Å²) in [6, 6.07) is 3.91. The van der Waals surface area contributed by atoms with Crippen LogP contribution in [0.3, 0.4) is 0 Å². The van der Waals surface area contributed by atoms with E-state index in [9.17, 15) is 13.2 Å². The van der Waals surface area contributed by atoms with Crippen molar-refractivity contribution >= 4 is 0 Å². The lowest BCUT2D eigenvalue weighted by Gasteiger charge is -2.33. The molecule has 1 aliphatic rings. The Kier molecular flexibility index (Phi) is 3.64. The first-order chi connectivity index (χ1) is 8.45. The third kappa shape index (κ3) is 2.52. The van der Waals surface area contributed by atoms with Gasteiger partial charge in [-0.3, -0.25) is 4.90 Å². The minimum Gasteiger partial charge on any atom is -0.375 e. The van der Waals surface area contributed by atoms with E-state index >= 15 is 0 Å². The summed E-state index contributed by atoms with van der Waals surface area (Å²) in [5, 5.41) is 0. The van der Waals surface area contributed by atoms with Crippen molar-refractivity contribution in [2.24, 2.45) is 0 Å². The number of nitrogens with zero attached hydrogens (tertiary/aromatic N) is 1. The van der Waals surface area contributed by atoms with E-state index in [-0.39, 0.29) is 6.10 Å². The summed E-state index contributed by atoms with van der Waals surface area (Å²) in [7, 11) is 1.59. The number of alkyl halides is 3. The molecule has 0 N–H and O–H groups in total. The lowest BCUT2D eigenvalue weighted by molar-refractivity contribution is -0.137. The normalized spacial score (nSPS) is 20.8. The number of benzene rings is 1. The highest BCUT2D eigenvalue weighted by atomic mass is 19.4. The van der Waals surface area contributed by atoms with Crippen LogP contribution in [-0.2, 0) is 17.5 Å². The maximum absolute atomic E-state index is 12.7. The van der Waals surface area contributed by atoms with Crippen LogP contribution in [0.4, 0.5) is 13.2 Å². The van der Waals surface area contributed by atoms with Crippen molar-refractivity contribution in [2.75, 3.05) is 20.2 Å². The fraction of sp³-hybridized carbons (Fsp3) is 0.538. The zero-order chi connectivity index (χ0) is 13.3. The van der Waals surface area contributed by atoms with Crippen molar-refractivity contribution in [3.63, 3.8) is 0 Å². The van der Waals surface area contributed by atoms with Gasteiger partial charge in [-0.25, -0.2) is 0 Å². The molecule has 0 spiro atoms. The highest BCUT2D eigenvalue weighted by Gasteiger charge is 2.33. The molecule has 0 aliphatic carbocycles. The molecule has 0 aromatic heterocycles. The number of likely N-dealkylation sites (N-methyl/N-ethyl adjacent to an activating group) is 1. The van der Waals surface area contributed by atoms with Crippen LogP contribution in [0.5, 0.6) is 0 Å². The Morgan fingerprint density at radius 2 is 2.11 bits per heavy atom. The Bertz CT molecular complexity index is 431. The van der Waals surface area contributed by atoms with Crippen molar-refractivity contribution in [3.8, 4) is 0 Å². The Morgan fingerprint density at radius 3 is 2.67 bits per heavy atom. The van der Waals surface area contributed by atoms with Crippen LogP contribution in [0.15, 0.2) is 18.2 Å². The summed E-state index contributed by atoms with van der Waals surface area (Å²) in [5.74, 6) is 0. The van der Waals surface area contributed by atoms with Gasteiger partial charge in [-0.1, -0.05) is 13.0 Å². The molecule has 2 nitrogen and oxygen atoms in total. The van der Waals surface area contributed by atoms with Gasteiger partial charge in [-0.05, 0) is 29.8 Å². The van der Waals surface area contributed by atoms with Crippen LogP contribution in [-0.4, -0.2) is 25.1 Å². The zero-order valence-corrected chi connectivity index (χ0v) is 10.4. The summed E-state index contributed by atoms with van der Waals surface area (Å²) in [5.41, 5.74) is 0.994. The smallest absolute Gasteiger partial charge is 0.375 e. The molecule has 100 valence electrons. The number of ether oxygens (including phenoxy) is 1. The minimum absolute atomic E-state index is 0.143. The van der Waals surface area contributed by atoms with Gasteiger partial charge in [0.05, 0.1) is 11.7 Å². The summed E-state index contributed by atoms with van der Waals surface area (Å²) in [6.07, 6.45) is -4.43. The van der Waals surface area contributed by atoms with Crippen molar-refractivity contribution in [2.45, 2.75) is 25.7 Å². The van der Waals surface area contributed by atoms with Gasteiger partial charge in [0.2, 0.25) is 0 Å². The molecule has 0 radical (unpaired) electrons. The molecule has 5 heteroatoms. The topological polar surface area (TPSA) is 12.5 Å². The summed E-state index contributed by atoms with van der Waals surface area (Å²) >= 11 is 0. The average Bonchev–Trinajstić information content (AvgIpc) is 2.35. The quantitative estimate of drug-likeness (QED) is 0.808. The predicted molar refractivity (Wildman–Crippen MR) is 62.1 cm³/mol. The maximum atomic E-state index is 12.7. The van der Waals surface area contributed by atoms with Gasteiger partial charge in [-0.2, -0.15) is 13.2 Å². The molecule has 18 heavy (non-hydrogen) atoms. The average molecular weight is 259 g/mol. The monoisotopic (exact) mass is 259 g/mol. The second kappa shape index (κ2) is 4.90. The fourth-order valence-corrected chi connectivity index (χ4v) is 2.31. The molecule has 0 saturated heterocycles. The highest BCUT2D eigenvalue weighted by molar-refractivity contribution is 5.36. The molecule has 0 amide bonds. The lowest BCUT2D eigenvalue weighted by atomic mass is 9.95. The number of rotatable bonds is 2. The van der Waals surface area contributed by atoms with Crippen LogP contribution < -0.4 is 0 Å². The molecule has 0 saturated carbocycles. The van der Waals surface area contributed by atoms with E-state index in [1.165, 1.54) is 6.07 Å². The van der Waals surface area contributed by atoms with Crippen molar-refractivity contribution in [3.05, 3.63) is 34.9 Å². The van der Waals surface area contributed by atoms with E-state index in [4.69, 9.17) is 4.74 Å². The van der Waals surface area contributed by atoms with E-state index < -0.39 is 11.7 Å². The van der Waals surface area contributed by atoms with Gasteiger partial charge < -0.3 is 4.74 Å². The van der Waals surface area contributed by atoms with E-state index in [2.05, 4.69) is 4.90 Å². The summed E-state index contributed by atoms with van der Waals surface area (Å²) < 4.78 is 43.4. The Balaban J connectivity index is 2.39. The number of hydrogen-bond donors (Lipinski definition) is 0. The Morgan fingerprint density at radius 1 is 1.39 bits per heavy atom. The molecule has 1 aliphatic heterocycles. The van der Waals surface area contributed by atoms with Gasteiger partial charge in [-0.15, -0.1) is 0 Å². The van der Waals surface area contributed by atoms with Crippen molar-refractivity contribution in [1.82, 2.24) is 4.90 Å². The number of halogens is 3. The Labute approximate surface area is 104 Å². The van der Waals surface area contributed by atoms with Gasteiger partial charge in [0.1, 0.15) is 0 Å². The molecule has 0 fully saturated rings. The van der Waals surface area contributed by atoms with E-state index in [0.717, 1.165) is 24.7 Å². The predicted octanol–water partition coefficient (Wildman–Crippen LogP) is 3.23. The van der Waals surface area contributed by atoms with Crippen LogP contribution >= 0.6 is 0 Å². The first-order valence-electron chi connectivity index (χ1n) is 5.91. The van der Waals surface area contributed by atoms with E-state index in [1.807, 2.05) is 6.92 Å². The van der Waals surface area contributed by atoms with Crippen LogP contribution in [0.2, 0.25) is 0 Å². The Hall–Kier alpha value is -1.07. The van der Waals surface area contributed by atoms with Crippen LogP contribution in [0.25, 0.3) is 0 Å². The molecule has 1 atom stereocenters. The van der Waals surface area contributed by atoms with Gasteiger partial charge in [0.15, 0.2) is 0 Å². The third-order valence-electron chi connectivity index (χ3n) is 3.37. The standard InChI is InChI=1S/C13H16F3NO/c1-3-17-7-9-6-10(13(14,15)16)4-5-11(9)12(8-17)18-2/h4-6,12H,3,7-8H2,1-2H3. The molecule has 1 unspecified atom stereocenters. The van der Waals surface area contributed by atoms with E-state index in [1.54, 1.807) is 13.2 Å². The van der Waals surface area contributed by atoms with Crippen LogP contribution in [0, 0.1) is 0 Å². The lowest BCUT2D eigenvalue weighted by Crippen LogP contribution is -2.34. The van der Waals surface area contributed by atoms with Gasteiger partial charge >= 0.3 is 6.18 Å². The third-order valence-corrected chi connectivity index (χ3v) is 3.37. The SMILES string of the molecule is CCN1Cc2cc(C(F)(F)F)ccc2C(OC)C1. The second-order valence-electron chi connectivity index (χ2n) is 4.46. The minimum atomic E-state index is -4.29. The molecule has 1 aromatic carbocycles. The molecule has 0 bridgehead atoms. The fourth-order valence-electron chi connectivity index (χ4n) is 2.31. The number of hydrogen-bond acceptors (Lipinski definition) is 2. The summed E-state index contributed by atoms with van der Waals surface area (Å²) in [4.78, 5) is 2.08. The largest absolute Gasteiger partial charge is 0.416 e. The number of fused-ring (bicyclic) bond motifs is 1. The van der Waals surface area contributed by atoms with Crippen LogP contribution in [0.1, 0.15) is 29.7 Å². The zero-order valence-electron chi connectivity index (χ0n) is 10.4. The van der Waals surface area contributed by atoms with Gasteiger partial charge in [0, 0.05) is 20.2 Å². The van der Waals surface area contributed by atoms with Crippen molar-refractivity contribution < 1.29 is 17.9 Å². The maximum Gasteiger partial charge on any atom is 0.416 e. The molecule has 2 rings (SSSR count). The second-order valence-corrected chi connectivity index (χ2v) is 4.46. The molecular weight excluding hydrogens is 243 g/mol. The number of methoxy groups -OCH3 is 1. The first-order valence-corrected chi connectivity index (χ1v) is 5.91. The molecular formula is C13H16F3NO. The molecule has 1 aromatic rings. The molecule has 1 heterocycles. The van der Waals surface area contributed by atoms with E-state index in [0.29, 0.717) is 12.1 Å². The first kappa shape index (κ1) is 13.4. The van der Waals surface area contributed by atoms with Gasteiger partial charge in [0.25, 0.3) is 0 Å². The highest BCUT2D eigenvalue weighted by Crippen LogP contribution is 2.35.